The molecule has 0 aliphatic heterocycles. The van der Waals surface area contributed by atoms with E-state index in [-0.39, 0.29) is 11.4 Å². The summed E-state index contributed by atoms with van der Waals surface area (Å²) in [5.74, 6) is -1.06. The number of nitrogens with zero attached hydrogens (tertiary/aromatic N) is 2. The van der Waals surface area contributed by atoms with E-state index in [1.165, 1.54) is 18.5 Å². The van der Waals surface area contributed by atoms with Gasteiger partial charge in [-0.3, -0.25) is 9.78 Å². The third-order valence-corrected chi connectivity index (χ3v) is 2.31. The van der Waals surface area contributed by atoms with Gasteiger partial charge in [0.05, 0.1) is 23.8 Å². The molecule has 0 fully saturated rings. The quantitative estimate of drug-likeness (QED) is 0.868. The molecular weight excluding hydrogens is 235 g/mol. The van der Waals surface area contributed by atoms with Gasteiger partial charge in [0, 0.05) is 13.2 Å². The summed E-state index contributed by atoms with van der Waals surface area (Å²) in [7, 11) is 1.75. The van der Waals surface area contributed by atoms with Gasteiger partial charge in [0.25, 0.3) is 5.91 Å². The first-order valence-electron chi connectivity index (χ1n) is 5.25. The normalized spacial score (nSPS) is 9.89. The van der Waals surface area contributed by atoms with Gasteiger partial charge in [-0.2, -0.15) is 0 Å². The second-order valence-corrected chi connectivity index (χ2v) is 3.49. The lowest BCUT2D eigenvalue weighted by atomic mass is 10.3. The molecule has 5 nitrogen and oxygen atoms in total. The Kier molecular flexibility index (Phi) is 3.47. The molecule has 1 amide bonds. The summed E-state index contributed by atoms with van der Waals surface area (Å²) in [5, 5.41) is 5.32. The van der Waals surface area contributed by atoms with E-state index in [9.17, 15) is 9.18 Å². The maximum absolute atomic E-state index is 13.3. The summed E-state index contributed by atoms with van der Waals surface area (Å²) in [4.78, 5) is 19.3. The molecule has 0 unspecified atom stereocenters. The molecule has 18 heavy (non-hydrogen) atoms. The second-order valence-electron chi connectivity index (χ2n) is 3.49. The minimum atomic E-state index is -0.585. The van der Waals surface area contributed by atoms with Crippen molar-refractivity contribution >= 4 is 17.3 Å². The molecule has 0 aliphatic rings. The van der Waals surface area contributed by atoms with Gasteiger partial charge in [-0.25, -0.2) is 9.37 Å². The largest absolute Gasteiger partial charge is 0.387 e. The Morgan fingerprint density at radius 2 is 2.11 bits per heavy atom. The zero-order valence-electron chi connectivity index (χ0n) is 9.64. The summed E-state index contributed by atoms with van der Waals surface area (Å²) in [6.07, 6.45) is 3.96. The zero-order valence-corrected chi connectivity index (χ0v) is 9.64. The van der Waals surface area contributed by atoms with Crippen molar-refractivity contribution in [3.8, 4) is 0 Å². The highest BCUT2D eigenvalue weighted by molar-refractivity contribution is 6.02. The highest BCUT2D eigenvalue weighted by atomic mass is 19.1. The number of hydrogen-bond donors (Lipinski definition) is 2. The van der Waals surface area contributed by atoms with E-state index in [2.05, 4.69) is 20.6 Å². The van der Waals surface area contributed by atoms with Gasteiger partial charge in [0.1, 0.15) is 5.69 Å². The molecule has 0 bridgehead atoms. The first-order valence-corrected chi connectivity index (χ1v) is 5.25. The van der Waals surface area contributed by atoms with Crippen LogP contribution in [-0.2, 0) is 0 Å². The highest BCUT2D eigenvalue weighted by Crippen LogP contribution is 2.12. The average Bonchev–Trinajstić information content (AvgIpc) is 2.41. The first kappa shape index (κ1) is 12.0. The van der Waals surface area contributed by atoms with E-state index in [0.717, 1.165) is 11.9 Å². The van der Waals surface area contributed by atoms with E-state index < -0.39 is 11.7 Å². The molecule has 2 rings (SSSR count). The smallest absolute Gasteiger partial charge is 0.274 e. The van der Waals surface area contributed by atoms with Crippen molar-refractivity contribution in [1.29, 1.82) is 0 Å². The van der Waals surface area contributed by atoms with Crippen molar-refractivity contribution < 1.29 is 9.18 Å². The van der Waals surface area contributed by atoms with E-state index in [4.69, 9.17) is 0 Å². The van der Waals surface area contributed by atoms with Gasteiger partial charge in [-0.1, -0.05) is 0 Å². The summed E-state index contributed by atoms with van der Waals surface area (Å²) in [6, 6.07) is 4.65. The predicted octanol–water partition coefficient (Wildman–Crippen LogP) is 1.91. The van der Waals surface area contributed by atoms with Gasteiger partial charge in [-0.15, -0.1) is 0 Å². The molecule has 2 heterocycles. The van der Waals surface area contributed by atoms with Crippen LogP contribution in [0, 0.1) is 5.82 Å². The Balaban J connectivity index is 2.14. The third-order valence-electron chi connectivity index (χ3n) is 2.31. The number of nitrogens with one attached hydrogen (secondary N) is 2. The van der Waals surface area contributed by atoms with Crippen LogP contribution in [0.5, 0.6) is 0 Å². The van der Waals surface area contributed by atoms with Crippen molar-refractivity contribution in [3.63, 3.8) is 0 Å². The van der Waals surface area contributed by atoms with Gasteiger partial charge < -0.3 is 10.6 Å². The maximum atomic E-state index is 13.3. The standard InChI is InChI=1S/C12H11FN4O/c1-14-8-2-3-11(16-6-8)12(18)17-10-4-5-15-7-9(10)13/h2-7,14H,1H3,(H,15,17,18). The van der Waals surface area contributed by atoms with E-state index in [1.807, 2.05) is 0 Å². The number of aromatic nitrogens is 2. The van der Waals surface area contributed by atoms with Crippen LogP contribution in [0.15, 0.2) is 36.8 Å². The first-order chi connectivity index (χ1) is 8.70. The fourth-order valence-electron chi connectivity index (χ4n) is 1.34. The third kappa shape index (κ3) is 2.60. The van der Waals surface area contributed by atoms with Gasteiger partial charge >= 0.3 is 0 Å². The lowest BCUT2D eigenvalue weighted by Gasteiger charge is -2.05. The number of carbonyl (C=O) groups excluding carboxylic acids is 1. The summed E-state index contributed by atoms with van der Waals surface area (Å²) in [5.41, 5.74) is 1.08. The van der Waals surface area contributed by atoms with E-state index in [1.54, 1.807) is 19.2 Å². The second kappa shape index (κ2) is 5.22. The summed E-state index contributed by atoms with van der Waals surface area (Å²) < 4.78 is 13.3. The molecule has 0 saturated heterocycles. The minimum absolute atomic E-state index is 0.0782. The van der Waals surface area contributed by atoms with Crippen LogP contribution in [0.25, 0.3) is 0 Å². The fourth-order valence-corrected chi connectivity index (χ4v) is 1.34. The van der Waals surface area contributed by atoms with Gasteiger partial charge in [-0.05, 0) is 18.2 Å². The molecule has 2 aromatic heterocycles. The molecule has 0 aromatic carbocycles. The van der Waals surface area contributed by atoms with Crippen molar-refractivity contribution in [2.24, 2.45) is 0 Å². The summed E-state index contributed by atoms with van der Waals surface area (Å²) >= 11 is 0. The Hall–Kier alpha value is -2.50. The Morgan fingerprint density at radius 1 is 1.28 bits per heavy atom. The average molecular weight is 246 g/mol. The molecule has 0 saturated carbocycles. The lowest BCUT2D eigenvalue weighted by molar-refractivity contribution is 0.102. The molecule has 2 aromatic rings. The minimum Gasteiger partial charge on any atom is -0.387 e. The number of rotatable bonds is 3. The van der Waals surface area contributed by atoms with Crippen molar-refractivity contribution in [3.05, 3.63) is 48.3 Å². The van der Waals surface area contributed by atoms with Crippen LogP contribution in [-0.4, -0.2) is 22.9 Å². The molecule has 2 N–H and O–H groups in total. The molecule has 6 heteroatoms. The topological polar surface area (TPSA) is 66.9 Å². The van der Waals surface area contributed by atoms with Crippen molar-refractivity contribution in [2.45, 2.75) is 0 Å². The van der Waals surface area contributed by atoms with Crippen LogP contribution in [0.3, 0.4) is 0 Å². The Bertz CT molecular complexity index is 556. The highest BCUT2D eigenvalue weighted by Gasteiger charge is 2.10. The Labute approximate surface area is 103 Å². The number of carbonyl (C=O) groups is 1. The molecule has 0 atom stereocenters. The van der Waals surface area contributed by atoms with Crippen molar-refractivity contribution in [2.75, 3.05) is 17.7 Å². The number of pyridine rings is 2. The predicted molar refractivity (Wildman–Crippen MR) is 65.9 cm³/mol. The van der Waals surface area contributed by atoms with Crippen LogP contribution in [0.4, 0.5) is 15.8 Å². The van der Waals surface area contributed by atoms with Gasteiger partial charge in [0.2, 0.25) is 0 Å². The van der Waals surface area contributed by atoms with E-state index in [0.29, 0.717) is 0 Å². The van der Waals surface area contributed by atoms with Crippen LogP contribution in [0.1, 0.15) is 10.5 Å². The summed E-state index contributed by atoms with van der Waals surface area (Å²) in [6.45, 7) is 0. The molecule has 92 valence electrons. The molecule has 0 aliphatic carbocycles. The van der Waals surface area contributed by atoms with Crippen LogP contribution >= 0.6 is 0 Å². The monoisotopic (exact) mass is 246 g/mol. The number of halogens is 1. The number of amides is 1. The number of anilines is 2. The van der Waals surface area contributed by atoms with E-state index >= 15 is 0 Å². The Morgan fingerprint density at radius 3 is 2.72 bits per heavy atom. The van der Waals surface area contributed by atoms with Crippen LogP contribution in [0.2, 0.25) is 0 Å². The maximum Gasteiger partial charge on any atom is 0.274 e. The lowest BCUT2D eigenvalue weighted by Crippen LogP contribution is -2.14. The zero-order chi connectivity index (χ0) is 13.0. The molecular formula is C12H11FN4O. The van der Waals surface area contributed by atoms with Crippen molar-refractivity contribution in [1.82, 2.24) is 9.97 Å². The molecule has 0 radical (unpaired) electrons. The van der Waals surface area contributed by atoms with Crippen LogP contribution < -0.4 is 10.6 Å². The fraction of sp³-hybridized carbons (Fsp3) is 0.0833. The molecule has 0 spiro atoms. The SMILES string of the molecule is CNc1ccc(C(=O)Nc2ccncc2F)nc1. The van der Waals surface area contributed by atoms with Gasteiger partial charge in [0.15, 0.2) is 5.82 Å². The number of hydrogen-bond acceptors (Lipinski definition) is 4.